The van der Waals surface area contributed by atoms with E-state index < -0.39 is 5.63 Å². The van der Waals surface area contributed by atoms with Crippen molar-refractivity contribution < 1.29 is 9.21 Å². The van der Waals surface area contributed by atoms with Crippen LogP contribution in [0.5, 0.6) is 0 Å². The van der Waals surface area contributed by atoms with Gasteiger partial charge in [-0.05, 0) is 17.5 Å². The normalized spacial score (nSPS) is 11.1. The number of fused-ring (bicyclic) bond motifs is 3. The molecule has 3 aromatic heterocycles. The van der Waals surface area contributed by atoms with Gasteiger partial charge in [0.1, 0.15) is 16.0 Å². The van der Waals surface area contributed by atoms with Crippen molar-refractivity contribution in [2.45, 2.75) is 0 Å². The maximum Gasteiger partial charge on any atom is 0.347 e. The maximum atomic E-state index is 12.2. The molecule has 108 valence electrons. The van der Waals surface area contributed by atoms with Crippen molar-refractivity contribution in [1.29, 1.82) is 0 Å². The summed E-state index contributed by atoms with van der Waals surface area (Å²) in [5.41, 5.74) is 0.116. The van der Waals surface area contributed by atoms with Gasteiger partial charge < -0.3 is 9.73 Å². The second kappa shape index (κ2) is 5.08. The van der Waals surface area contributed by atoms with Gasteiger partial charge in [-0.3, -0.25) is 4.79 Å². The first-order valence-electron chi connectivity index (χ1n) is 6.52. The van der Waals surface area contributed by atoms with E-state index in [9.17, 15) is 9.59 Å². The Hall–Kier alpha value is -2.44. The van der Waals surface area contributed by atoms with E-state index in [1.165, 1.54) is 22.7 Å². The van der Waals surface area contributed by atoms with Crippen LogP contribution in [-0.4, -0.2) is 5.91 Å². The van der Waals surface area contributed by atoms with Crippen LogP contribution in [0.25, 0.3) is 21.7 Å². The smallest absolute Gasteiger partial charge is 0.347 e. The average Bonchev–Trinajstić information content (AvgIpc) is 3.17. The minimum absolute atomic E-state index is 0.216. The number of benzene rings is 1. The van der Waals surface area contributed by atoms with Crippen LogP contribution in [0.1, 0.15) is 9.67 Å². The number of hydrogen-bond acceptors (Lipinski definition) is 5. The number of rotatable bonds is 2. The Balaban J connectivity index is 1.88. The molecule has 0 spiro atoms. The number of carbonyl (C=O) groups is 1. The lowest BCUT2D eigenvalue weighted by Crippen LogP contribution is -2.11. The monoisotopic (exact) mass is 327 g/mol. The van der Waals surface area contributed by atoms with Crippen molar-refractivity contribution in [1.82, 2.24) is 0 Å². The summed E-state index contributed by atoms with van der Waals surface area (Å²) < 4.78 is 5.35. The van der Waals surface area contributed by atoms with E-state index in [1.54, 1.807) is 12.1 Å². The lowest BCUT2D eigenvalue weighted by atomic mass is 10.1. The van der Waals surface area contributed by atoms with Gasteiger partial charge >= 0.3 is 5.63 Å². The van der Waals surface area contributed by atoms with E-state index in [0.29, 0.717) is 20.8 Å². The predicted octanol–water partition coefficient (Wildman–Crippen LogP) is 4.32. The van der Waals surface area contributed by atoms with Gasteiger partial charge in [0.2, 0.25) is 0 Å². The van der Waals surface area contributed by atoms with Gasteiger partial charge in [-0.25, -0.2) is 4.79 Å². The fourth-order valence-corrected chi connectivity index (χ4v) is 3.91. The summed E-state index contributed by atoms with van der Waals surface area (Å²) in [5, 5.41) is 9.13. The molecule has 0 aliphatic rings. The second-order valence-corrected chi connectivity index (χ2v) is 6.50. The highest BCUT2D eigenvalue weighted by molar-refractivity contribution is 7.16. The lowest BCUT2D eigenvalue weighted by molar-refractivity contribution is 0.103. The number of hydrogen-bond donors (Lipinski definition) is 1. The molecule has 0 saturated carbocycles. The zero-order valence-electron chi connectivity index (χ0n) is 11.2. The van der Waals surface area contributed by atoms with Crippen molar-refractivity contribution in [3.63, 3.8) is 0 Å². The van der Waals surface area contributed by atoms with E-state index in [0.717, 1.165) is 10.8 Å². The highest BCUT2D eigenvalue weighted by atomic mass is 32.1. The zero-order chi connectivity index (χ0) is 15.1. The van der Waals surface area contributed by atoms with Crippen molar-refractivity contribution >= 4 is 55.3 Å². The van der Waals surface area contributed by atoms with E-state index in [4.69, 9.17) is 4.42 Å². The fourth-order valence-electron chi connectivity index (χ4n) is 2.35. The van der Waals surface area contributed by atoms with Crippen LogP contribution in [0.15, 0.2) is 56.4 Å². The van der Waals surface area contributed by atoms with Gasteiger partial charge in [0.15, 0.2) is 0 Å². The second-order valence-electron chi connectivity index (χ2n) is 4.67. The Morgan fingerprint density at radius 3 is 2.73 bits per heavy atom. The minimum atomic E-state index is -0.434. The molecule has 0 radical (unpaired) electrons. The Morgan fingerprint density at radius 1 is 1.05 bits per heavy atom. The van der Waals surface area contributed by atoms with Crippen LogP contribution in [0.4, 0.5) is 5.00 Å². The summed E-state index contributed by atoms with van der Waals surface area (Å²) in [4.78, 5) is 25.0. The van der Waals surface area contributed by atoms with Gasteiger partial charge in [-0.15, -0.1) is 22.7 Å². The third kappa shape index (κ3) is 2.04. The zero-order valence-corrected chi connectivity index (χ0v) is 12.8. The Kier molecular flexibility index (Phi) is 3.06. The standard InChI is InChI=1S/C16H9NO3S2/c18-14(12-6-3-7-21-12)17-15-13-10(8-22-15)9-4-1-2-5-11(9)20-16(13)19/h1-8H,(H,17,18). The third-order valence-electron chi connectivity index (χ3n) is 3.35. The molecular formula is C16H9NO3S2. The first-order valence-corrected chi connectivity index (χ1v) is 8.28. The molecule has 0 atom stereocenters. The largest absolute Gasteiger partial charge is 0.422 e. The van der Waals surface area contributed by atoms with E-state index >= 15 is 0 Å². The number of amides is 1. The molecule has 4 aromatic rings. The molecule has 4 rings (SSSR count). The summed E-state index contributed by atoms with van der Waals surface area (Å²) >= 11 is 2.69. The molecule has 22 heavy (non-hydrogen) atoms. The first kappa shape index (κ1) is 13.2. The molecule has 1 amide bonds. The molecule has 0 fully saturated rings. The molecule has 6 heteroatoms. The van der Waals surface area contributed by atoms with Gasteiger partial charge in [0.05, 0.1) is 4.88 Å². The SMILES string of the molecule is O=C(Nc1scc2c1c(=O)oc1ccccc12)c1cccs1. The molecule has 0 bridgehead atoms. The van der Waals surface area contributed by atoms with E-state index in [-0.39, 0.29) is 5.91 Å². The van der Waals surface area contributed by atoms with Crippen molar-refractivity contribution in [2.75, 3.05) is 5.32 Å². The topological polar surface area (TPSA) is 59.3 Å². The Bertz CT molecular complexity index is 1040. The Morgan fingerprint density at radius 2 is 1.91 bits per heavy atom. The number of carbonyl (C=O) groups excluding carboxylic acids is 1. The summed E-state index contributed by atoms with van der Waals surface area (Å²) in [6.45, 7) is 0. The number of nitrogens with one attached hydrogen (secondary N) is 1. The van der Waals surface area contributed by atoms with Crippen LogP contribution in [0.3, 0.4) is 0 Å². The van der Waals surface area contributed by atoms with Gasteiger partial charge in [-0.1, -0.05) is 24.3 Å². The molecule has 3 heterocycles. The van der Waals surface area contributed by atoms with E-state index in [2.05, 4.69) is 5.32 Å². The molecule has 4 nitrogen and oxygen atoms in total. The van der Waals surface area contributed by atoms with Gasteiger partial charge in [0.25, 0.3) is 5.91 Å². The van der Waals surface area contributed by atoms with Gasteiger partial charge in [0, 0.05) is 16.2 Å². The van der Waals surface area contributed by atoms with Crippen molar-refractivity contribution in [2.24, 2.45) is 0 Å². The highest BCUT2D eigenvalue weighted by Gasteiger charge is 2.16. The quantitative estimate of drug-likeness (QED) is 0.558. The molecule has 0 saturated heterocycles. The number of thiophene rings is 2. The summed E-state index contributed by atoms with van der Waals surface area (Å²) in [5.74, 6) is -0.216. The van der Waals surface area contributed by atoms with Crippen LogP contribution >= 0.6 is 22.7 Å². The molecular weight excluding hydrogens is 318 g/mol. The maximum absolute atomic E-state index is 12.2. The minimum Gasteiger partial charge on any atom is -0.422 e. The number of para-hydroxylation sites is 1. The van der Waals surface area contributed by atoms with E-state index in [1.807, 2.05) is 35.0 Å². The van der Waals surface area contributed by atoms with Crippen LogP contribution in [0.2, 0.25) is 0 Å². The van der Waals surface area contributed by atoms with Crippen molar-refractivity contribution in [3.8, 4) is 0 Å². The van der Waals surface area contributed by atoms with Crippen molar-refractivity contribution in [3.05, 3.63) is 62.5 Å². The summed E-state index contributed by atoms with van der Waals surface area (Å²) in [7, 11) is 0. The predicted molar refractivity (Wildman–Crippen MR) is 90.1 cm³/mol. The third-order valence-corrected chi connectivity index (χ3v) is 5.11. The summed E-state index contributed by atoms with van der Waals surface area (Å²) in [6, 6.07) is 10.9. The summed E-state index contributed by atoms with van der Waals surface area (Å²) in [6.07, 6.45) is 0. The Labute approximate surface area is 132 Å². The first-order chi connectivity index (χ1) is 10.7. The molecule has 0 unspecified atom stereocenters. The van der Waals surface area contributed by atoms with Crippen LogP contribution < -0.4 is 10.9 Å². The van der Waals surface area contributed by atoms with Crippen LogP contribution in [0, 0.1) is 0 Å². The average molecular weight is 327 g/mol. The highest BCUT2D eigenvalue weighted by Crippen LogP contribution is 2.33. The fraction of sp³-hybridized carbons (Fsp3) is 0. The molecule has 1 N–H and O–H groups in total. The molecule has 0 aliphatic carbocycles. The molecule has 0 aliphatic heterocycles. The molecule has 1 aromatic carbocycles. The van der Waals surface area contributed by atoms with Crippen LogP contribution in [-0.2, 0) is 0 Å². The lowest BCUT2D eigenvalue weighted by Gasteiger charge is -2.02. The number of anilines is 1. The van der Waals surface area contributed by atoms with Gasteiger partial charge in [-0.2, -0.15) is 0 Å².